The van der Waals surface area contributed by atoms with Crippen LogP contribution in [0.3, 0.4) is 0 Å². The summed E-state index contributed by atoms with van der Waals surface area (Å²) in [5.74, 6) is 0. The summed E-state index contributed by atoms with van der Waals surface area (Å²) >= 11 is 0. The number of hydrogen-bond acceptors (Lipinski definition) is 2. The Morgan fingerprint density at radius 3 is 2.75 bits per heavy atom. The van der Waals surface area contributed by atoms with E-state index in [1.807, 2.05) is 0 Å². The maximum atomic E-state index is 9.68. The topological polar surface area (TPSA) is 40.5 Å². The van der Waals surface area contributed by atoms with E-state index in [2.05, 4.69) is 9.24 Å². The third-order valence-electron chi connectivity index (χ3n) is 0.713. The summed E-state index contributed by atoms with van der Waals surface area (Å²) in [5, 5.41) is 9.09. The molecule has 0 heterocycles. The highest BCUT2D eigenvalue weighted by molar-refractivity contribution is 7.16. The van der Waals surface area contributed by atoms with Crippen LogP contribution >= 0.6 is 9.24 Å². The van der Waals surface area contributed by atoms with Crippen LogP contribution in [0, 0.1) is 0 Å². The zero-order valence-corrected chi connectivity index (χ0v) is 5.73. The lowest BCUT2D eigenvalue weighted by atomic mass is 10.5. The van der Waals surface area contributed by atoms with Gasteiger partial charge >= 0.3 is 0 Å². The number of hydroxylamine groups is 2. The lowest BCUT2D eigenvalue weighted by Gasteiger charge is -2.04. The van der Waals surface area contributed by atoms with Crippen molar-refractivity contribution in [3.63, 3.8) is 0 Å². The van der Waals surface area contributed by atoms with Gasteiger partial charge in [-0.15, -0.1) is 9.24 Å². The predicted octanol–water partition coefficient (Wildman–Crippen LogP) is 0.0992. The molecule has 0 aromatic rings. The van der Waals surface area contributed by atoms with Crippen molar-refractivity contribution in [2.45, 2.75) is 6.42 Å². The quantitative estimate of drug-likeness (QED) is 0.257. The Kier molecular flexibility index (Phi) is 4.92. The van der Waals surface area contributed by atoms with Crippen LogP contribution in [0.2, 0.25) is 0 Å². The van der Waals surface area contributed by atoms with Crippen molar-refractivity contribution in [2.75, 3.05) is 12.7 Å². The maximum Gasteiger partial charge on any atom is 0.233 e. The van der Waals surface area contributed by atoms with E-state index in [9.17, 15) is 4.79 Å². The highest BCUT2D eigenvalue weighted by Crippen LogP contribution is 1.87. The molecule has 1 unspecified atom stereocenters. The van der Waals surface area contributed by atoms with Gasteiger partial charge in [-0.1, -0.05) is 0 Å². The lowest BCUT2D eigenvalue weighted by Crippen LogP contribution is -2.17. The molecule has 3 nitrogen and oxygen atoms in total. The first kappa shape index (κ1) is 7.86. The number of hydrogen-bond donors (Lipinski definition) is 1. The van der Waals surface area contributed by atoms with Gasteiger partial charge in [0, 0.05) is 6.54 Å². The fourth-order valence-corrected chi connectivity index (χ4v) is 0.489. The molecule has 0 radical (unpaired) electrons. The van der Waals surface area contributed by atoms with E-state index < -0.39 is 0 Å². The molecule has 48 valence electrons. The van der Waals surface area contributed by atoms with Crippen LogP contribution in [0.4, 0.5) is 0 Å². The van der Waals surface area contributed by atoms with Crippen LogP contribution in [0.5, 0.6) is 0 Å². The molecule has 0 saturated heterocycles. The number of nitrogens with zero attached hydrogens (tertiary/aromatic N) is 1. The van der Waals surface area contributed by atoms with Crippen molar-refractivity contribution in [3.8, 4) is 0 Å². The fourth-order valence-electron chi connectivity index (χ4n) is 0.306. The highest BCUT2D eigenvalue weighted by atomic mass is 31.0. The van der Waals surface area contributed by atoms with Gasteiger partial charge < -0.3 is 0 Å². The summed E-state index contributed by atoms with van der Waals surface area (Å²) in [4.78, 5) is 9.68. The minimum Gasteiger partial charge on any atom is -0.286 e. The van der Waals surface area contributed by atoms with E-state index in [1.165, 1.54) is 0 Å². The summed E-state index contributed by atoms with van der Waals surface area (Å²) in [5.41, 5.74) is 0. The van der Waals surface area contributed by atoms with Gasteiger partial charge in [0.25, 0.3) is 0 Å². The lowest BCUT2D eigenvalue weighted by molar-refractivity contribution is -0.149. The molecule has 0 aliphatic rings. The van der Waals surface area contributed by atoms with E-state index in [4.69, 9.17) is 5.21 Å². The molecular weight excluding hydrogens is 125 g/mol. The molecule has 1 amide bonds. The van der Waals surface area contributed by atoms with Crippen molar-refractivity contribution in [3.05, 3.63) is 0 Å². The second-order valence-electron chi connectivity index (χ2n) is 1.41. The zero-order valence-electron chi connectivity index (χ0n) is 4.58. The molecule has 1 atom stereocenters. The average molecular weight is 135 g/mol. The Hall–Kier alpha value is -0.140. The molecule has 0 aromatic carbocycles. The molecule has 0 aromatic heterocycles. The summed E-state index contributed by atoms with van der Waals surface area (Å²) < 4.78 is 0. The number of carbonyl (C=O) groups is 1. The Balaban J connectivity index is 2.98. The zero-order chi connectivity index (χ0) is 6.41. The van der Waals surface area contributed by atoms with Crippen LogP contribution in [0.25, 0.3) is 0 Å². The van der Waals surface area contributed by atoms with Gasteiger partial charge in [-0.05, 0) is 12.6 Å². The third-order valence-corrected chi connectivity index (χ3v) is 1.12. The van der Waals surface area contributed by atoms with E-state index in [0.29, 0.717) is 18.0 Å². The Morgan fingerprint density at radius 1 is 1.75 bits per heavy atom. The van der Waals surface area contributed by atoms with Gasteiger partial charge in [-0.2, -0.15) is 0 Å². The molecule has 0 aliphatic carbocycles. The van der Waals surface area contributed by atoms with Gasteiger partial charge in [0.2, 0.25) is 6.41 Å². The summed E-state index contributed by atoms with van der Waals surface area (Å²) in [7, 11) is 2.51. The highest BCUT2D eigenvalue weighted by Gasteiger charge is 1.90. The van der Waals surface area contributed by atoms with Gasteiger partial charge in [0.05, 0.1) is 0 Å². The standard InChI is InChI=1S/C4H10NO2P/c6-4-5(7)2-1-3-8/h4,7H,1-3,8H2. The normalized spacial score (nSPS) is 8.75. The fraction of sp³-hybridized carbons (Fsp3) is 0.750. The number of rotatable bonds is 4. The first-order valence-electron chi connectivity index (χ1n) is 2.42. The molecule has 8 heavy (non-hydrogen) atoms. The predicted molar refractivity (Wildman–Crippen MR) is 33.8 cm³/mol. The van der Waals surface area contributed by atoms with E-state index in [1.54, 1.807) is 0 Å². The minimum absolute atomic E-state index is 0.403. The van der Waals surface area contributed by atoms with Gasteiger partial charge in [0.15, 0.2) is 0 Å². The van der Waals surface area contributed by atoms with E-state index in [0.717, 1.165) is 12.6 Å². The summed E-state index contributed by atoms with van der Waals surface area (Å²) in [6, 6.07) is 0. The van der Waals surface area contributed by atoms with E-state index in [-0.39, 0.29) is 0 Å². The van der Waals surface area contributed by atoms with E-state index >= 15 is 0 Å². The minimum atomic E-state index is 0.403. The second-order valence-corrected chi connectivity index (χ2v) is 1.99. The van der Waals surface area contributed by atoms with Crippen molar-refractivity contribution < 1.29 is 10.0 Å². The maximum absolute atomic E-state index is 9.68. The molecule has 4 heteroatoms. The average Bonchev–Trinajstić information content (AvgIpc) is 1.83. The van der Waals surface area contributed by atoms with Crippen molar-refractivity contribution in [1.29, 1.82) is 0 Å². The van der Waals surface area contributed by atoms with Crippen molar-refractivity contribution in [1.82, 2.24) is 5.06 Å². The molecule has 0 saturated carbocycles. The smallest absolute Gasteiger partial charge is 0.233 e. The summed E-state index contributed by atoms with van der Waals surface area (Å²) in [6.45, 7) is 0.424. The number of amides is 1. The van der Waals surface area contributed by atoms with Crippen molar-refractivity contribution in [2.24, 2.45) is 0 Å². The summed E-state index contributed by atoms with van der Waals surface area (Å²) in [6.07, 6.45) is 2.13. The van der Waals surface area contributed by atoms with Crippen LogP contribution in [0.15, 0.2) is 0 Å². The molecule has 0 bridgehead atoms. The number of carbonyl (C=O) groups excluding carboxylic acids is 1. The van der Waals surface area contributed by atoms with Crippen molar-refractivity contribution >= 4 is 15.6 Å². The van der Waals surface area contributed by atoms with Crippen LogP contribution in [0.1, 0.15) is 6.42 Å². The third kappa shape index (κ3) is 4.03. The molecular formula is C4H10NO2P. The largest absolute Gasteiger partial charge is 0.286 e. The SMILES string of the molecule is O=CN(O)CCCP. The first-order chi connectivity index (χ1) is 3.81. The first-order valence-corrected chi connectivity index (χ1v) is 3.23. The molecule has 0 aliphatic heterocycles. The van der Waals surface area contributed by atoms with Gasteiger partial charge in [-0.3, -0.25) is 10.0 Å². The molecule has 0 spiro atoms. The Morgan fingerprint density at radius 2 is 2.38 bits per heavy atom. The molecule has 0 fully saturated rings. The molecule has 0 rings (SSSR count). The Bertz CT molecular complexity index is 69.1. The molecule has 1 N–H and O–H groups in total. The second kappa shape index (κ2) is 5.01. The monoisotopic (exact) mass is 135 g/mol. The Labute approximate surface area is 50.8 Å². The van der Waals surface area contributed by atoms with Crippen LogP contribution in [-0.4, -0.2) is 29.4 Å². The van der Waals surface area contributed by atoms with Gasteiger partial charge in [-0.25, -0.2) is 5.06 Å². The van der Waals surface area contributed by atoms with Gasteiger partial charge in [0.1, 0.15) is 0 Å². The van der Waals surface area contributed by atoms with Crippen LogP contribution in [-0.2, 0) is 4.79 Å². The van der Waals surface area contributed by atoms with Crippen LogP contribution < -0.4 is 0 Å².